The molecule has 0 spiro atoms. The number of hydrogen-bond acceptors (Lipinski definition) is 5. The van der Waals surface area contributed by atoms with Crippen molar-refractivity contribution in [2.24, 2.45) is 11.8 Å². The summed E-state index contributed by atoms with van der Waals surface area (Å²) in [6, 6.07) is 9.50. The molecule has 1 saturated carbocycles. The molecule has 0 heterocycles. The first-order valence-corrected chi connectivity index (χ1v) is 8.08. The van der Waals surface area contributed by atoms with Crippen LogP contribution in [0.15, 0.2) is 36.4 Å². The summed E-state index contributed by atoms with van der Waals surface area (Å²) in [5, 5.41) is 48.5. The van der Waals surface area contributed by atoms with Gasteiger partial charge >= 0.3 is 0 Å². The summed E-state index contributed by atoms with van der Waals surface area (Å²) >= 11 is 0. The van der Waals surface area contributed by atoms with Crippen LogP contribution in [0.25, 0.3) is 6.08 Å². The van der Waals surface area contributed by atoms with Crippen LogP contribution in [-0.2, 0) is 0 Å². The molecule has 0 amide bonds. The largest absolute Gasteiger partial charge is 0.394 e. The third-order valence-corrected chi connectivity index (χ3v) is 4.28. The molecule has 1 aromatic rings. The molecule has 1 fully saturated rings. The quantitative estimate of drug-likeness (QED) is 0.495. The standard InChI is InChI=1S/C19H24O5/c20-12-15(22)10-17-16(18(23)11-19(17)24)9-8-14(21)7-6-13-4-2-1-3-5-13/h1-7,14-24H,10-12H2/b7-6+/t14-,15?,16?,17+,18+,19-/m0/s1. The monoisotopic (exact) mass is 332 g/mol. The van der Waals surface area contributed by atoms with Crippen molar-refractivity contribution in [3.63, 3.8) is 0 Å². The van der Waals surface area contributed by atoms with Gasteiger partial charge in [0.25, 0.3) is 0 Å². The molecule has 130 valence electrons. The molecule has 1 aromatic carbocycles. The Balaban J connectivity index is 2.02. The Morgan fingerprint density at radius 2 is 1.83 bits per heavy atom. The van der Waals surface area contributed by atoms with E-state index in [1.165, 1.54) is 0 Å². The van der Waals surface area contributed by atoms with E-state index in [0.29, 0.717) is 0 Å². The van der Waals surface area contributed by atoms with Gasteiger partial charge in [-0.25, -0.2) is 0 Å². The molecule has 1 aliphatic rings. The molecule has 6 atom stereocenters. The van der Waals surface area contributed by atoms with Gasteiger partial charge in [-0.05, 0) is 18.1 Å². The predicted molar refractivity (Wildman–Crippen MR) is 90.6 cm³/mol. The Morgan fingerprint density at radius 1 is 1.12 bits per heavy atom. The van der Waals surface area contributed by atoms with Gasteiger partial charge in [0.2, 0.25) is 0 Å². The summed E-state index contributed by atoms with van der Waals surface area (Å²) in [6.45, 7) is -0.401. The molecule has 1 aliphatic carbocycles. The first-order chi connectivity index (χ1) is 11.5. The summed E-state index contributed by atoms with van der Waals surface area (Å²) in [5.74, 6) is 4.52. The van der Waals surface area contributed by atoms with E-state index in [1.54, 1.807) is 12.2 Å². The Morgan fingerprint density at radius 3 is 2.50 bits per heavy atom. The van der Waals surface area contributed by atoms with Crippen molar-refractivity contribution in [3.8, 4) is 11.8 Å². The van der Waals surface area contributed by atoms with Crippen LogP contribution in [0.1, 0.15) is 18.4 Å². The van der Waals surface area contributed by atoms with Crippen molar-refractivity contribution in [1.29, 1.82) is 0 Å². The van der Waals surface area contributed by atoms with E-state index < -0.39 is 42.9 Å². The molecular weight excluding hydrogens is 308 g/mol. The lowest BCUT2D eigenvalue weighted by Gasteiger charge is -2.21. The molecule has 5 heteroatoms. The third kappa shape index (κ3) is 5.17. The fraction of sp³-hybridized carbons (Fsp3) is 0.474. The summed E-state index contributed by atoms with van der Waals surface area (Å²) in [7, 11) is 0. The molecule has 0 aromatic heterocycles. The van der Waals surface area contributed by atoms with Crippen LogP contribution >= 0.6 is 0 Å². The maximum absolute atomic E-state index is 10.0. The highest BCUT2D eigenvalue weighted by atomic mass is 16.3. The summed E-state index contributed by atoms with van der Waals surface area (Å²) in [6.07, 6.45) is 0.110. The van der Waals surface area contributed by atoms with E-state index in [1.807, 2.05) is 30.3 Å². The van der Waals surface area contributed by atoms with Crippen LogP contribution in [0.5, 0.6) is 0 Å². The summed E-state index contributed by atoms with van der Waals surface area (Å²) in [4.78, 5) is 0. The molecule has 0 saturated heterocycles. The number of benzene rings is 1. The van der Waals surface area contributed by atoms with Gasteiger partial charge in [0, 0.05) is 12.3 Å². The second-order valence-corrected chi connectivity index (χ2v) is 6.14. The SMILES string of the molecule is OCC(O)C[C@@H]1C(C#C[C@@H](O)/C=C/c2ccccc2)[C@H](O)C[C@@H]1O. The van der Waals surface area contributed by atoms with E-state index in [0.717, 1.165) is 5.56 Å². The summed E-state index contributed by atoms with van der Waals surface area (Å²) < 4.78 is 0. The average molecular weight is 332 g/mol. The Labute approximate surface area is 141 Å². The van der Waals surface area contributed by atoms with Crippen molar-refractivity contribution >= 4 is 6.08 Å². The average Bonchev–Trinajstić information content (AvgIpc) is 2.85. The van der Waals surface area contributed by atoms with Crippen LogP contribution in [0.2, 0.25) is 0 Å². The molecule has 0 bridgehead atoms. The maximum Gasteiger partial charge on any atom is 0.133 e. The van der Waals surface area contributed by atoms with Crippen LogP contribution < -0.4 is 0 Å². The van der Waals surface area contributed by atoms with Gasteiger partial charge in [-0.2, -0.15) is 0 Å². The van der Waals surface area contributed by atoms with Gasteiger partial charge in [0.15, 0.2) is 0 Å². The molecule has 0 aliphatic heterocycles. The minimum atomic E-state index is -0.987. The highest BCUT2D eigenvalue weighted by Gasteiger charge is 2.41. The molecular formula is C19H24O5. The molecule has 24 heavy (non-hydrogen) atoms. The first kappa shape index (κ1) is 18.7. The van der Waals surface area contributed by atoms with E-state index in [2.05, 4.69) is 11.8 Å². The minimum Gasteiger partial charge on any atom is -0.394 e. The second-order valence-electron chi connectivity index (χ2n) is 6.14. The topological polar surface area (TPSA) is 101 Å². The lowest BCUT2D eigenvalue weighted by molar-refractivity contribution is 0.0395. The van der Waals surface area contributed by atoms with Crippen molar-refractivity contribution in [1.82, 2.24) is 0 Å². The van der Waals surface area contributed by atoms with Crippen molar-refractivity contribution < 1.29 is 25.5 Å². The van der Waals surface area contributed by atoms with Crippen LogP contribution in [0, 0.1) is 23.7 Å². The van der Waals surface area contributed by atoms with E-state index >= 15 is 0 Å². The summed E-state index contributed by atoms with van der Waals surface area (Å²) in [5.41, 5.74) is 0.943. The number of aliphatic hydroxyl groups excluding tert-OH is 5. The van der Waals surface area contributed by atoms with E-state index in [9.17, 15) is 20.4 Å². The number of hydrogen-bond donors (Lipinski definition) is 5. The zero-order chi connectivity index (χ0) is 17.5. The van der Waals surface area contributed by atoms with Crippen LogP contribution in [0.4, 0.5) is 0 Å². The molecule has 2 unspecified atom stereocenters. The molecule has 5 nitrogen and oxygen atoms in total. The fourth-order valence-electron chi connectivity index (χ4n) is 2.99. The second kappa shape index (κ2) is 8.97. The van der Waals surface area contributed by atoms with Gasteiger partial charge < -0.3 is 25.5 Å². The smallest absolute Gasteiger partial charge is 0.133 e. The van der Waals surface area contributed by atoms with Gasteiger partial charge in [-0.3, -0.25) is 0 Å². The normalized spacial score (nSPS) is 29.2. The Hall–Kier alpha value is -1.68. The molecule has 2 rings (SSSR count). The van der Waals surface area contributed by atoms with E-state index in [-0.39, 0.29) is 12.8 Å². The lowest BCUT2D eigenvalue weighted by atomic mass is 9.89. The zero-order valence-electron chi connectivity index (χ0n) is 13.4. The van der Waals surface area contributed by atoms with Crippen LogP contribution in [0.3, 0.4) is 0 Å². The molecule has 5 N–H and O–H groups in total. The Kier molecular flexibility index (Phi) is 6.98. The number of aliphatic hydroxyl groups is 5. The van der Waals surface area contributed by atoms with Gasteiger partial charge in [-0.15, -0.1) is 0 Å². The Bertz CT molecular complexity index is 589. The van der Waals surface area contributed by atoms with Crippen LogP contribution in [-0.4, -0.2) is 56.6 Å². The zero-order valence-corrected chi connectivity index (χ0v) is 13.4. The van der Waals surface area contributed by atoms with E-state index in [4.69, 9.17) is 5.11 Å². The lowest BCUT2D eigenvalue weighted by Crippen LogP contribution is -2.27. The predicted octanol–water partition coefficient (Wildman–Crippen LogP) is 0.165. The minimum absolute atomic E-state index is 0.157. The van der Waals surface area contributed by atoms with Crippen molar-refractivity contribution in [2.45, 2.75) is 37.3 Å². The highest BCUT2D eigenvalue weighted by molar-refractivity contribution is 5.50. The van der Waals surface area contributed by atoms with Gasteiger partial charge in [0.05, 0.1) is 30.8 Å². The van der Waals surface area contributed by atoms with Gasteiger partial charge in [0.1, 0.15) is 6.10 Å². The molecule has 0 radical (unpaired) electrons. The fourth-order valence-corrected chi connectivity index (χ4v) is 2.99. The highest BCUT2D eigenvalue weighted by Crippen LogP contribution is 2.35. The van der Waals surface area contributed by atoms with Crippen molar-refractivity contribution in [2.75, 3.05) is 6.61 Å². The third-order valence-electron chi connectivity index (χ3n) is 4.28. The maximum atomic E-state index is 10.0. The number of rotatable bonds is 5. The van der Waals surface area contributed by atoms with Crippen molar-refractivity contribution in [3.05, 3.63) is 42.0 Å². The van der Waals surface area contributed by atoms with Gasteiger partial charge in [-0.1, -0.05) is 48.2 Å². The first-order valence-electron chi connectivity index (χ1n) is 8.08.